The third-order valence-electron chi connectivity index (χ3n) is 7.34. The predicted molar refractivity (Wildman–Crippen MR) is 131 cm³/mol. The van der Waals surface area contributed by atoms with Crippen molar-refractivity contribution in [2.75, 3.05) is 23.3 Å². The van der Waals surface area contributed by atoms with Crippen molar-refractivity contribution >= 4 is 33.2 Å². The van der Waals surface area contributed by atoms with Crippen LogP contribution in [0.2, 0.25) is 0 Å². The Balaban J connectivity index is 1.25. The lowest BCUT2D eigenvalue weighted by Gasteiger charge is -2.30. The molecule has 2 fully saturated rings. The van der Waals surface area contributed by atoms with Gasteiger partial charge < -0.3 is 10.2 Å². The van der Waals surface area contributed by atoms with Crippen LogP contribution >= 0.6 is 0 Å². The lowest BCUT2D eigenvalue weighted by molar-refractivity contribution is -0.121. The molecular weight excluding hydrogens is 469 g/mol. The summed E-state index contributed by atoms with van der Waals surface area (Å²) in [4.78, 5) is 27.5. The van der Waals surface area contributed by atoms with E-state index in [2.05, 4.69) is 5.32 Å². The molecule has 2 heterocycles. The van der Waals surface area contributed by atoms with Gasteiger partial charge in [-0.05, 0) is 93.5 Å². The zero-order valence-electron chi connectivity index (χ0n) is 20.0. The van der Waals surface area contributed by atoms with Crippen molar-refractivity contribution in [2.45, 2.75) is 56.9 Å². The maximum absolute atomic E-state index is 13.4. The Morgan fingerprint density at radius 2 is 1.71 bits per heavy atom. The fraction of sp³-hybridized carbons (Fsp3) is 0.462. The molecule has 0 unspecified atom stereocenters. The molecular formula is C26H30FN3O4S. The highest BCUT2D eigenvalue weighted by atomic mass is 32.2. The Hall–Kier alpha value is -2.78. The minimum Gasteiger partial charge on any atom is -0.326 e. The average molecular weight is 500 g/mol. The van der Waals surface area contributed by atoms with E-state index in [0.717, 1.165) is 24.1 Å². The number of amides is 2. The summed E-state index contributed by atoms with van der Waals surface area (Å²) in [7, 11) is -3.71. The van der Waals surface area contributed by atoms with Gasteiger partial charge in [0.05, 0.1) is 4.90 Å². The molecule has 1 saturated carbocycles. The van der Waals surface area contributed by atoms with Crippen molar-refractivity contribution in [1.29, 1.82) is 0 Å². The van der Waals surface area contributed by atoms with Crippen LogP contribution in [0.15, 0.2) is 41.3 Å². The van der Waals surface area contributed by atoms with Crippen molar-refractivity contribution < 1.29 is 22.4 Å². The van der Waals surface area contributed by atoms with Gasteiger partial charge in [-0.3, -0.25) is 9.59 Å². The van der Waals surface area contributed by atoms with Crippen molar-refractivity contribution in [3.05, 3.63) is 53.3 Å². The molecule has 0 radical (unpaired) electrons. The molecule has 5 rings (SSSR count). The number of aryl methyl sites for hydroxylation is 1. The van der Waals surface area contributed by atoms with Crippen LogP contribution in [0.5, 0.6) is 0 Å². The Morgan fingerprint density at radius 1 is 1.00 bits per heavy atom. The molecule has 2 amide bonds. The number of halogens is 1. The number of benzene rings is 2. The van der Waals surface area contributed by atoms with Crippen LogP contribution in [0.1, 0.15) is 43.7 Å². The van der Waals surface area contributed by atoms with Gasteiger partial charge in [0.15, 0.2) is 0 Å². The SMILES string of the molecule is Cc1cc(F)ccc1NC(=O)C1CCN(S(=O)(=O)c2ccc3c(c2)C[C@H](C)N3C(=O)C2CC2)CC1. The van der Waals surface area contributed by atoms with Crippen LogP contribution in [-0.4, -0.2) is 43.7 Å². The summed E-state index contributed by atoms with van der Waals surface area (Å²) < 4.78 is 41.5. The summed E-state index contributed by atoms with van der Waals surface area (Å²) in [6.07, 6.45) is 3.33. The summed E-state index contributed by atoms with van der Waals surface area (Å²) >= 11 is 0. The molecule has 7 nitrogen and oxygen atoms in total. The Labute approximate surface area is 205 Å². The number of fused-ring (bicyclic) bond motifs is 1. The van der Waals surface area contributed by atoms with Crippen LogP contribution in [0, 0.1) is 24.6 Å². The number of nitrogens with zero attached hydrogens (tertiary/aromatic N) is 2. The summed E-state index contributed by atoms with van der Waals surface area (Å²) in [5.74, 6) is -0.597. The third kappa shape index (κ3) is 4.59. The largest absolute Gasteiger partial charge is 0.326 e. The van der Waals surface area contributed by atoms with E-state index in [1.807, 2.05) is 11.8 Å². The van der Waals surface area contributed by atoms with Crippen LogP contribution in [0.4, 0.5) is 15.8 Å². The zero-order chi connectivity index (χ0) is 24.9. The number of rotatable bonds is 5. The van der Waals surface area contributed by atoms with Gasteiger partial charge in [-0.1, -0.05) is 0 Å². The van der Waals surface area contributed by atoms with Crippen molar-refractivity contribution in [1.82, 2.24) is 4.31 Å². The maximum Gasteiger partial charge on any atom is 0.243 e. The Bertz CT molecular complexity index is 1280. The monoisotopic (exact) mass is 499 g/mol. The number of piperidine rings is 1. The molecule has 2 aromatic rings. The third-order valence-corrected chi connectivity index (χ3v) is 9.23. The molecule has 0 spiro atoms. The van der Waals surface area contributed by atoms with Gasteiger partial charge in [0.1, 0.15) is 5.82 Å². The van der Waals surface area contributed by atoms with E-state index in [9.17, 15) is 22.4 Å². The smallest absolute Gasteiger partial charge is 0.243 e. The first-order chi connectivity index (χ1) is 16.6. The molecule has 1 aliphatic carbocycles. The summed E-state index contributed by atoms with van der Waals surface area (Å²) in [6, 6.07) is 9.29. The molecule has 0 aromatic heterocycles. The molecule has 3 aliphatic rings. The lowest BCUT2D eigenvalue weighted by atomic mass is 9.97. The van der Waals surface area contributed by atoms with Gasteiger partial charge in [0.25, 0.3) is 0 Å². The number of hydrogen-bond acceptors (Lipinski definition) is 4. The minimum absolute atomic E-state index is 0.0232. The topological polar surface area (TPSA) is 86.8 Å². The number of anilines is 2. The van der Waals surface area contributed by atoms with Gasteiger partial charge in [-0.25, -0.2) is 12.8 Å². The van der Waals surface area contributed by atoms with Crippen molar-refractivity contribution in [3.63, 3.8) is 0 Å². The van der Waals surface area contributed by atoms with Crippen molar-refractivity contribution in [2.24, 2.45) is 11.8 Å². The van der Waals surface area contributed by atoms with E-state index in [1.54, 1.807) is 25.1 Å². The second kappa shape index (κ2) is 9.02. The highest BCUT2D eigenvalue weighted by Gasteiger charge is 2.40. The number of carbonyl (C=O) groups excluding carboxylic acids is 2. The number of nitrogens with one attached hydrogen (secondary N) is 1. The van der Waals surface area contributed by atoms with E-state index in [-0.39, 0.29) is 53.5 Å². The molecule has 2 aliphatic heterocycles. The van der Waals surface area contributed by atoms with E-state index < -0.39 is 10.0 Å². The molecule has 0 bridgehead atoms. The highest BCUT2D eigenvalue weighted by Crippen LogP contribution is 2.40. The van der Waals surface area contributed by atoms with Gasteiger partial charge in [-0.2, -0.15) is 4.31 Å². The van der Waals surface area contributed by atoms with Gasteiger partial charge >= 0.3 is 0 Å². The highest BCUT2D eigenvalue weighted by molar-refractivity contribution is 7.89. The van der Waals surface area contributed by atoms with Crippen LogP contribution in [0.3, 0.4) is 0 Å². The summed E-state index contributed by atoms with van der Waals surface area (Å²) in [6.45, 7) is 4.23. The normalized spacial score (nSPS) is 21.1. The molecule has 1 N–H and O–H groups in total. The maximum atomic E-state index is 13.4. The standard InChI is InChI=1S/C26H30FN3O4S/c1-16-13-21(27)5-7-23(16)28-25(31)18-9-11-29(12-10-18)35(33,34)22-6-8-24-20(15-22)14-17(2)30(24)26(32)19-3-4-19/h5-8,13,15,17-19H,3-4,9-12,14H2,1-2H3,(H,28,31)/t17-/m0/s1. The number of sulfonamides is 1. The first-order valence-corrected chi connectivity index (χ1v) is 13.6. The van der Waals surface area contributed by atoms with Gasteiger partial charge in [0, 0.05) is 42.3 Å². The molecule has 9 heteroatoms. The average Bonchev–Trinajstić information content (AvgIpc) is 3.62. The van der Waals surface area contributed by atoms with Crippen LogP contribution in [0.25, 0.3) is 0 Å². The fourth-order valence-electron chi connectivity index (χ4n) is 5.14. The van der Waals surface area contributed by atoms with Crippen molar-refractivity contribution in [3.8, 4) is 0 Å². The fourth-order valence-corrected chi connectivity index (χ4v) is 6.66. The predicted octanol–water partition coefficient (Wildman–Crippen LogP) is 3.86. The first kappa shape index (κ1) is 23.9. The number of carbonyl (C=O) groups is 2. The van der Waals surface area contributed by atoms with Gasteiger partial charge in [0.2, 0.25) is 21.8 Å². The Kier molecular flexibility index (Phi) is 6.17. The molecule has 2 aromatic carbocycles. The number of hydrogen-bond donors (Lipinski definition) is 1. The summed E-state index contributed by atoms with van der Waals surface area (Å²) in [5.41, 5.74) is 2.91. The minimum atomic E-state index is -3.71. The van der Waals surface area contributed by atoms with Crippen LogP contribution < -0.4 is 10.2 Å². The van der Waals surface area contributed by atoms with E-state index in [0.29, 0.717) is 30.5 Å². The first-order valence-electron chi connectivity index (χ1n) is 12.2. The van der Waals surface area contributed by atoms with E-state index in [1.165, 1.54) is 22.5 Å². The van der Waals surface area contributed by atoms with Gasteiger partial charge in [-0.15, -0.1) is 0 Å². The molecule has 186 valence electrons. The molecule has 1 atom stereocenters. The molecule has 1 saturated heterocycles. The lowest BCUT2D eigenvalue weighted by Crippen LogP contribution is -2.41. The summed E-state index contributed by atoms with van der Waals surface area (Å²) in [5, 5.41) is 2.84. The molecule has 35 heavy (non-hydrogen) atoms. The second-order valence-corrected chi connectivity index (χ2v) is 11.9. The van der Waals surface area contributed by atoms with E-state index in [4.69, 9.17) is 0 Å². The van der Waals surface area contributed by atoms with E-state index >= 15 is 0 Å². The van der Waals surface area contributed by atoms with Crippen LogP contribution in [-0.2, 0) is 26.0 Å². The zero-order valence-corrected chi connectivity index (χ0v) is 20.8. The Morgan fingerprint density at radius 3 is 2.37 bits per heavy atom. The quantitative estimate of drug-likeness (QED) is 0.677. The second-order valence-electron chi connectivity index (χ2n) is 9.95.